The molecule has 0 amide bonds. The second kappa shape index (κ2) is 14.3. The number of benzene rings is 3. The summed E-state index contributed by atoms with van der Waals surface area (Å²) in [6, 6.07) is 23.4. The first-order valence-corrected chi connectivity index (χ1v) is 12.2. The molecule has 3 aromatic rings. The third-order valence-corrected chi connectivity index (χ3v) is 6.19. The molecule has 1 aliphatic heterocycles. The number of anilines is 1. The van der Waals surface area contributed by atoms with Crippen molar-refractivity contribution in [1.82, 2.24) is 0 Å². The fourth-order valence-electron chi connectivity index (χ4n) is 4.04. The minimum absolute atomic E-state index is 0. The zero-order valence-corrected chi connectivity index (χ0v) is 21.3. The van der Waals surface area contributed by atoms with Crippen LogP contribution in [0.5, 0.6) is 5.75 Å². The average molecular weight is 520 g/mol. The van der Waals surface area contributed by atoms with Crippen molar-refractivity contribution in [3.8, 4) is 5.75 Å². The molecule has 0 spiro atoms. The van der Waals surface area contributed by atoms with Gasteiger partial charge in [-0.2, -0.15) is 0 Å². The van der Waals surface area contributed by atoms with E-state index in [0.717, 1.165) is 43.8 Å². The van der Waals surface area contributed by atoms with Crippen molar-refractivity contribution >= 4 is 29.7 Å². The van der Waals surface area contributed by atoms with E-state index in [2.05, 4.69) is 29.2 Å². The fraction of sp³-hybridized carbons (Fsp3) is 0.357. The minimum atomic E-state index is -0.393. The van der Waals surface area contributed by atoms with E-state index >= 15 is 0 Å². The van der Waals surface area contributed by atoms with Gasteiger partial charge in [0.1, 0.15) is 11.6 Å². The number of hydrogen-bond donors (Lipinski definition) is 0. The molecule has 0 N–H and O–H groups in total. The Kier molecular flexibility index (Phi) is 11.1. The summed E-state index contributed by atoms with van der Waals surface area (Å²) < 4.78 is 31.7. The van der Waals surface area contributed by atoms with Crippen LogP contribution >= 0.6 is 24.0 Å². The molecule has 7 heteroatoms. The summed E-state index contributed by atoms with van der Waals surface area (Å²) >= 11 is 5.87. The predicted molar refractivity (Wildman–Crippen MR) is 141 cm³/mol. The van der Waals surface area contributed by atoms with Crippen molar-refractivity contribution in [2.24, 2.45) is 0 Å². The standard InChI is InChI=1S/C28H31ClFNO3.ClH/c29-27-11-4-9-23(28(27)30)21-34-26-10-5-16-31(19-26)24-12-14-25(15-13-24)33-18-6-17-32-20-22-7-2-1-3-8-22;/h1-4,7-9,11-15,26H,5-6,10,16-21H2;1H. The third-order valence-electron chi connectivity index (χ3n) is 5.90. The number of halogens is 3. The van der Waals surface area contributed by atoms with Crippen molar-refractivity contribution in [1.29, 1.82) is 0 Å². The molecule has 0 aromatic heterocycles. The second-order valence-corrected chi connectivity index (χ2v) is 8.88. The predicted octanol–water partition coefficient (Wildman–Crippen LogP) is 7.07. The summed E-state index contributed by atoms with van der Waals surface area (Å²) in [5, 5.41) is 0.133. The van der Waals surface area contributed by atoms with Gasteiger partial charge < -0.3 is 19.1 Å². The number of ether oxygens (including phenoxy) is 3. The molecule has 1 aliphatic rings. The van der Waals surface area contributed by atoms with Crippen molar-refractivity contribution in [3.05, 3.63) is 94.8 Å². The van der Waals surface area contributed by atoms with Gasteiger partial charge in [-0.1, -0.05) is 54.1 Å². The van der Waals surface area contributed by atoms with Crippen LogP contribution in [-0.4, -0.2) is 32.4 Å². The SMILES string of the molecule is Cl.Fc1c(Cl)cccc1COC1CCCN(c2ccc(OCCCOCc3ccccc3)cc2)C1. The lowest BCUT2D eigenvalue weighted by atomic mass is 10.1. The lowest BCUT2D eigenvalue weighted by Crippen LogP contribution is -2.39. The average Bonchev–Trinajstić information content (AvgIpc) is 2.88. The highest BCUT2D eigenvalue weighted by molar-refractivity contribution is 6.30. The van der Waals surface area contributed by atoms with E-state index < -0.39 is 5.82 Å². The van der Waals surface area contributed by atoms with E-state index in [1.54, 1.807) is 18.2 Å². The minimum Gasteiger partial charge on any atom is -0.494 e. The molecule has 1 fully saturated rings. The van der Waals surface area contributed by atoms with Crippen LogP contribution in [0.25, 0.3) is 0 Å². The summed E-state index contributed by atoms with van der Waals surface area (Å²) in [6.45, 7) is 3.90. The van der Waals surface area contributed by atoms with Gasteiger partial charge in [-0.15, -0.1) is 12.4 Å². The van der Waals surface area contributed by atoms with Gasteiger partial charge in [0, 0.05) is 30.8 Å². The summed E-state index contributed by atoms with van der Waals surface area (Å²) in [6.07, 6.45) is 2.89. The largest absolute Gasteiger partial charge is 0.494 e. The van der Waals surface area contributed by atoms with Crippen LogP contribution in [-0.2, 0) is 22.7 Å². The Hall–Kier alpha value is -2.31. The molecule has 0 bridgehead atoms. The molecule has 3 aromatic carbocycles. The molecule has 188 valence electrons. The highest BCUT2D eigenvalue weighted by atomic mass is 35.5. The maximum Gasteiger partial charge on any atom is 0.147 e. The summed E-state index contributed by atoms with van der Waals surface area (Å²) in [5.74, 6) is 0.461. The molecule has 1 atom stereocenters. The van der Waals surface area contributed by atoms with Crippen molar-refractivity contribution in [2.75, 3.05) is 31.2 Å². The molecular weight excluding hydrogens is 488 g/mol. The molecule has 1 unspecified atom stereocenters. The number of nitrogens with zero attached hydrogens (tertiary/aromatic N) is 1. The van der Waals surface area contributed by atoms with E-state index in [1.165, 1.54) is 5.56 Å². The first-order valence-electron chi connectivity index (χ1n) is 11.8. The van der Waals surface area contributed by atoms with Crippen molar-refractivity contribution in [2.45, 2.75) is 38.6 Å². The Balaban J connectivity index is 0.00000342. The van der Waals surface area contributed by atoms with Gasteiger partial charge in [0.2, 0.25) is 0 Å². The third kappa shape index (κ3) is 8.39. The molecular formula is C28H32Cl2FNO3. The number of hydrogen-bond acceptors (Lipinski definition) is 4. The zero-order valence-electron chi connectivity index (χ0n) is 19.7. The highest BCUT2D eigenvalue weighted by Gasteiger charge is 2.21. The lowest BCUT2D eigenvalue weighted by molar-refractivity contribution is 0.0302. The smallest absolute Gasteiger partial charge is 0.147 e. The lowest BCUT2D eigenvalue weighted by Gasteiger charge is -2.34. The van der Waals surface area contributed by atoms with Gasteiger partial charge >= 0.3 is 0 Å². The summed E-state index contributed by atoms with van der Waals surface area (Å²) in [4.78, 5) is 2.31. The second-order valence-electron chi connectivity index (χ2n) is 8.47. The Bertz CT molecular complexity index is 1020. The molecule has 0 saturated carbocycles. The topological polar surface area (TPSA) is 30.9 Å². The number of rotatable bonds is 11. The molecule has 0 aliphatic carbocycles. The molecule has 4 nitrogen and oxygen atoms in total. The molecule has 4 rings (SSSR count). The van der Waals surface area contributed by atoms with Crippen LogP contribution in [0.1, 0.15) is 30.4 Å². The zero-order chi connectivity index (χ0) is 23.6. The van der Waals surface area contributed by atoms with Crippen LogP contribution in [0.4, 0.5) is 10.1 Å². The normalized spacial score (nSPS) is 15.5. The van der Waals surface area contributed by atoms with Crippen molar-refractivity contribution in [3.63, 3.8) is 0 Å². The van der Waals surface area contributed by atoms with Gasteiger partial charge in [-0.05, 0) is 48.7 Å². The van der Waals surface area contributed by atoms with E-state index in [-0.39, 0.29) is 30.1 Å². The molecule has 1 saturated heterocycles. The quantitative estimate of drug-likeness (QED) is 0.253. The van der Waals surface area contributed by atoms with Crippen LogP contribution in [0, 0.1) is 5.82 Å². The summed E-state index contributed by atoms with van der Waals surface area (Å²) in [7, 11) is 0. The van der Waals surface area contributed by atoms with Gasteiger partial charge in [0.15, 0.2) is 0 Å². The maximum atomic E-state index is 14.1. The molecule has 1 heterocycles. The summed E-state index contributed by atoms with van der Waals surface area (Å²) in [5.41, 5.74) is 2.82. The van der Waals surface area contributed by atoms with Gasteiger partial charge in [0.05, 0.1) is 37.6 Å². The first kappa shape index (κ1) is 27.3. The first-order chi connectivity index (χ1) is 16.7. The molecule has 35 heavy (non-hydrogen) atoms. The maximum absolute atomic E-state index is 14.1. The van der Waals surface area contributed by atoms with Gasteiger partial charge in [-0.25, -0.2) is 4.39 Å². The van der Waals surface area contributed by atoms with E-state index in [1.807, 2.05) is 30.3 Å². The fourth-order valence-corrected chi connectivity index (χ4v) is 4.24. The van der Waals surface area contributed by atoms with Crippen LogP contribution in [0.3, 0.4) is 0 Å². The van der Waals surface area contributed by atoms with E-state index in [9.17, 15) is 4.39 Å². The Labute approximate surface area is 218 Å². The Morgan fingerprint density at radius 1 is 0.914 bits per heavy atom. The van der Waals surface area contributed by atoms with E-state index in [4.69, 9.17) is 25.8 Å². The number of piperidine rings is 1. The van der Waals surface area contributed by atoms with Gasteiger partial charge in [-0.3, -0.25) is 0 Å². The Morgan fingerprint density at radius 2 is 1.71 bits per heavy atom. The van der Waals surface area contributed by atoms with Crippen LogP contribution in [0.2, 0.25) is 5.02 Å². The van der Waals surface area contributed by atoms with Crippen LogP contribution < -0.4 is 9.64 Å². The highest BCUT2D eigenvalue weighted by Crippen LogP contribution is 2.25. The Morgan fingerprint density at radius 3 is 2.51 bits per heavy atom. The molecule has 0 radical (unpaired) electrons. The van der Waals surface area contributed by atoms with Crippen molar-refractivity contribution < 1.29 is 18.6 Å². The van der Waals surface area contributed by atoms with E-state index in [0.29, 0.717) is 25.4 Å². The van der Waals surface area contributed by atoms with Gasteiger partial charge in [0.25, 0.3) is 0 Å². The van der Waals surface area contributed by atoms with Crippen LogP contribution in [0.15, 0.2) is 72.8 Å². The monoisotopic (exact) mass is 519 g/mol.